The molecule has 0 amide bonds. The molecule has 4 nitrogen and oxygen atoms in total. The fraction of sp³-hybridized carbons (Fsp3) is 0.538. The number of benzene rings is 1. The number of nitrogens with two attached hydrogens (primary N) is 2. The SMILES string of the molecule is CC(C)(CCCO)CNc1ccc(N)c(N)c1. The van der Waals surface area contributed by atoms with E-state index in [0.29, 0.717) is 11.4 Å². The molecule has 0 fully saturated rings. The van der Waals surface area contributed by atoms with Crippen LogP contribution in [-0.2, 0) is 0 Å². The number of anilines is 3. The van der Waals surface area contributed by atoms with Gasteiger partial charge in [0.2, 0.25) is 0 Å². The second-order valence-corrected chi connectivity index (χ2v) is 5.19. The van der Waals surface area contributed by atoms with Crippen molar-refractivity contribution in [3.63, 3.8) is 0 Å². The van der Waals surface area contributed by atoms with E-state index in [2.05, 4.69) is 19.2 Å². The minimum atomic E-state index is 0.152. The first-order chi connectivity index (χ1) is 7.94. The van der Waals surface area contributed by atoms with Gasteiger partial charge in [0.05, 0.1) is 11.4 Å². The van der Waals surface area contributed by atoms with E-state index < -0.39 is 0 Å². The molecule has 1 aromatic carbocycles. The Hall–Kier alpha value is -1.42. The third-order valence-electron chi connectivity index (χ3n) is 2.87. The van der Waals surface area contributed by atoms with E-state index in [4.69, 9.17) is 16.6 Å². The number of hydrogen-bond donors (Lipinski definition) is 4. The first-order valence-electron chi connectivity index (χ1n) is 5.94. The van der Waals surface area contributed by atoms with E-state index >= 15 is 0 Å². The third-order valence-corrected chi connectivity index (χ3v) is 2.87. The molecule has 0 saturated carbocycles. The number of hydrogen-bond acceptors (Lipinski definition) is 4. The van der Waals surface area contributed by atoms with Crippen molar-refractivity contribution in [2.45, 2.75) is 26.7 Å². The molecule has 1 rings (SSSR count). The van der Waals surface area contributed by atoms with Gasteiger partial charge in [-0.05, 0) is 36.5 Å². The summed E-state index contributed by atoms with van der Waals surface area (Å²) in [6.07, 6.45) is 1.82. The van der Waals surface area contributed by atoms with Crippen LogP contribution in [0, 0.1) is 5.41 Å². The number of aliphatic hydroxyl groups excluding tert-OH is 1. The summed E-state index contributed by atoms with van der Waals surface area (Å²) in [7, 11) is 0. The van der Waals surface area contributed by atoms with Crippen molar-refractivity contribution in [1.29, 1.82) is 0 Å². The van der Waals surface area contributed by atoms with E-state index in [-0.39, 0.29) is 12.0 Å². The van der Waals surface area contributed by atoms with Crippen LogP contribution < -0.4 is 16.8 Å². The number of nitrogen functional groups attached to an aromatic ring is 2. The Kier molecular flexibility index (Phi) is 4.63. The molecule has 96 valence electrons. The number of aliphatic hydroxyl groups is 1. The minimum Gasteiger partial charge on any atom is -0.397 e. The molecular formula is C13H23N3O. The van der Waals surface area contributed by atoms with Crippen LogP contribution >= 0.6 is 0 Å². The van der Waals surface area contributed by atoms with Gasteiger partial charge in [0.25, 0.3) is 0 Å². The van der Waals surface area contributed by atoms with Gasteiger partial charge in [0.1, 0.15) is 0 Å². The molecule has 0 aliphatic rings. The smallest absolute Gasteiger partial charge is 0.0568 e. The van der Waals surface area contributed by atoms with Gasteiger partial charge in [-0.3, -0.25) is 0 Å². The van der Waals surface area contributed by atoms with Crippen molar-refractivity contribution in [3.05, 3.63) is 18.2 Å². The van der Waals surface area contributed by atoms with Gasteiger partial charge in [-0.25, -0.2) is 0 Å². The summed E-state index contributed by atoms with van der Waals surface area (Å²) >= 11 is 0. The van der Waals surface area contributed by atoms with Crippen LogP contribution in [-0.4, -0.2) is 18.3 Å². The highest BCUT2D eigenvalue weighted by atomic mass is 16.2. The normalized spacial score (nSPS) is 11.5. The maximum atomic E-state index is 8.83. The van der Waals surface area contributed by atoms with Crippen LogP contribution in [0.15, 0.2) is 18.2 Å². The Morgan fingerprint density at radius 2 is 1.94 bits per heavy atom. The molecule has 4 heteroatoms. The van der Waals surface area contributed by atoms with Gasteiger partial charge in [-0.15, -0.1) is 0 Å². The van der Waals surface area contributed by atoms with Crippen LogP contribution in [0.1, 0.15) is 26.7 Å². The Morgan fingerprint density at radius 3 is 2.53 bits per heavy atom. The maximum absolute atomic E-state index is 8.83. The van der Waals surface area contributed by atoms with Crippen LogP contribution in [0.5, 0.6) is 0 Å². The summed E-state index contributed by atoms with van der Waals surface area (Å²) in [5.41, 5.74) is 13.7. The van der Waals surface area contributed by atoms with Crippen LogP contribution in [0.2, 0.25) is 0 Å². The minimum absolute atomic E-state index is 0.152. The quantitative estimate of drug-likeness (QED) is 0.571. The Labute approximate surface area is 103 Å². The first-order valence-corrected chi connectivity index (χ1v) is 5.94. The lowest BCUT2D eigenvalue weighted by Crippen LogP contribution is -2.23. The topological polar surface area (TPSA) is 84.3 Å². The first kappa shape index (κ1) is 13.6. The number of nitrogens with one attached hydrogen (secondary N) is 1. The lowest BCUT2D eigenvalue weighted by Gasteiger charge is -2.25. The third kappa shape index (κ3) is 4.53. The molecule has 0 spiro atoms. The molecule has 0 aromatic heterocycles. The van der Waals surface area contributed by atoms with E-state index in [1.807, 2.05) is 12.1 Å². The average molecular weight is 237 g/mol. The lowest BCUT2D eigenvalue weighted by atomic mass is 9.88. The molecule has 0 radical (unpaired) electrons. The second kappa shape index (κ2) is 5.77. The van der Waals surface area contributed by atoms with Gasteiger partial charge in [0, 0.05) is 18.8 Å². The Balaban J connectivity index is 2.51. The lowest BCUT2D eigenvalue weighted by molar-refractivity contribution is 0.248. The molecule has 0 aliphatic heterocycles. The highest BCUT2D eigenvalue weighted by Gasteiger charge is 2.16. The predicted octanol–water partition coefficient (Wildman–Crippen LogP) is 2.06. The molecule has 6 N–H and O–H groups in total. The van der Waals surface area contributed by atoms with Crippen LogP contribution in [0.25, 0.3) is 0 Å². The highest BCUT2D eigenvalue weighted by molar-refractivity contribution is 5.69. The summed E-state index contributed by atoms with van der Waals surface area (Å²) in [4.78, 5) is 0. The molecular weight excluding hydrogens is 214 g/mol. The van der Waals surface area contributed by atoms with Gasteiger partial charge in [-0.1, -0.05) is 13.8 Å². The number of rotatable bonds is 6. The molecule has 1 aromatic rings. The fourth-order valence-corrected chi connectivity index (χ4v) is 1.67. The summed E-state index contributed by atoms with van der Waals surface area (Å²) in [6.45, 7) is 5.45. The Morgan fingerprint density at radius 1 is 1.24 bits per heavy atom. The van der Waals surface area contributed by atoms with Crippen molar-refractivity contribution in [2.75, 3.05) is 29.9 Å². The van der Waals surface area contributed by atoms with E-state index in [1.165, 1.54) is 0 Å². The molecule has 0 saturated heterocycles. The molecule has 0 atom stereocenters. The molecule has 0 unspecified atom stereocenters. The summed E-state index contributed by atoms with van der Waals surface area (Å²) in [5.74, 6) is 0. The van der Waals surface area contributed by atoms with Crippen molar-refractivity contribution >= 4 is 17.1 Å². The molecule has 0 bridgehead atoms. The van der Waals surface area contributed by atoms with Crippen molar-refractivity contribution < 1.29 is 5.11 Å². The molecule has 17 heavy (non-hydrogen) atoms. The van der Waals surface area contributed by atoms with Crippen molar-refractivity contribution in [2.24, 2.45) is 5.41 Å². The Bertz CT molecular complexity index is 364. The summed E-state index contributed by atoms with van der Waals surface area (Å²) in [6, 6.07) is 5.57. The van der Waals surface area contributed by atoms with E-state index in [9.17, 15) is 0 Å². The summed E-state index contributed by atoms with van der Waals surface area (Å²) in [5, 5.41) is 12.2. The average Bonchev–Trinajstić information content (AvgIpc) is 2.28. The van der Waals surface area contributed by atoms with Crippen molar-refractivity contribution in [3.8, 4) is 0 Å². The predicted molar refractivity (Wildman–Crippen MR) is 73.9 cm³/mol. The van der Waals surface area contributed by atoms with Gasteiger partial charge in [0.15, 0.2) is 0 Å². The zero-order valence-corrected chi connectivity index (χ0v) is 10.7. The van der Waals surface area contributed by atoms with Gasteiger partial charge >= 0.3 is 0 Å². The molecule has 0 heterocycles. The van der Waals surface area contributed by atoms with E-state index in [0.717, 1.165) is 25.1 Å². The molecule has 0 aliphatic carbocycles. The zero-order valence-electron chi connectivity index (χ0n) is 10.7. The van der Waals surface area contributed by atoms with Crippen LogP contribution in [0.3, 0.4) is 0 Å². The highest BCUT2D eigenvalue weighted by Crippen LogP contribution is 2.24. The summed E-state index contributed by atoms with van der Waals surface area (Å²) < 4.78 is 0. The van der Waals surface area contributed by atoms with Crippen molar-refractivity contribution in [1.82, 2.24) is 0 Å². The monoisotopic (exact) mass is 237 g/mol. The largest absolute Gasteiger partial charge is 0.397 e. The second-order valence-electron chi connectivity index (χ2n) is 5.19. The van der Waals surface area contributed by atoms with Crippen LogP contribution in [0.4, 0.5) is 17.1 Å². The zero-order chi connectivity index (χ0) is 12.9. The fourth-order valence-electron chi connectivity index (χ4n) is 1.67. The van der Waals surface area contributed by atoms with Gasteiger partial charge < -0.3 is 21.9 Å². The van der Waals surface area contributed by atoms with E-state index in [1.54, 1.807) is 6.07 Å². The standard InChI is InChI=1S/C13H23N3O/c1-13(2,6-3-7-17)9-16-10-4-5-11(14)12(15)8-10/h4-5,8,16-17H,3,6-7,9,14-15H2,1-2H3. The maximum Gasteiger partial charge on any atom is 0.0568 e. The van der Waals surface area contributed by atoms with Gasteiger partial charge in [-0.2, -0.15) is 0 Å².